The molecule has 3 N–H and O–H groups in total. The standard InChI is InChI=1S/C15H22N2O2/c1-2-3-15(4-5-15)10-17-12-9-14-13(8-11(12)16)18-6-7-19-14/h8-9,17H,2-7,10,16H2,1H3. The Morgan fingerprint density at radius 3 is 2.53 bits per heavy atom. The molecule has 1 fully saturated rings. The first kappa shape index (κ1) is 12.5. The molecule has 19 heavy (non-hydrogen) atoms. The molecule has 1 saturated carbocycles. The Balaban J connectivity index is 1.70. The van der Waals surface area contributed by atoms with Crippen molar-refractivity contribution in [2.45, 2.75) is 32.6 Å². The van der Waals surface area contributed by atoms with Crippen LogP contribution in [0.5, 0.6) is 11.5 Å². The van der Waals surface area contributed by atoms with Crippen molar-refractivity contribution in [1.29, 1.82) is 0 Å². The Bertz CT molecular complexity index is 469. The molecular weight excluding hydrogens is 240 g/mol. The van der Waals surface area contributed by atoms with Gasteiger partial charge in [-0.25, -0.2) is 0 Å². The molecule has 0 aromatic heterocycles. The normalized spacial score (nSPS) is 19.0. The van der Waals surface area contributed by atoms with Crippen molar-refractivity contribution in [3.63, 3.8) is 0 Å². The average Bonchev–Trinajstić information content (AvgIpc) is 3.17. The fraction of sp³-hybridized carbons (Fsp3) is 0.600. The molecule has 0 spiro atoms. The molecule has 2 aliphatic rings. The van der Waals surface area contributed by atoms with Crippen molar-refractivity contribution in [2.24, 2.45) is 5.41 Å². The maximum absolute atomic E-state index is 6.07. The Kier molecular flexibility index (Phi) is 3.17. The molecule has 4 nitrogen and oxygen atoms in total. The van der Waals surface area contributed by atoms with Crippen LogP contribution in [0.3, 0.4) is 0 Å². The number of hydrogen-bond acceptors (Lipinski definition) is 4. The van der Waals surface area contributed by atoms with E-state index in [1.807, 2.05) is 12.1 Å². The van der Waals surface area contributed by atoms with Crippen LogP contribution >= 0.6 is 0 Å². The van der Waals surface area contributed by atoms with Crippen LogP contribution in [0.15, 0.2) is 12.1 Å². The zero-order chi connectivity index (χ0) is 13.3. The highest BCUT2D eigenvalue weighted by Crippen LogP contribution is 2.50. The molecule has 0 amide bonds. The lowest BCUT2D eigenvalue weighted by molar-refractivity contribution is 0.172. The summed E-state index contributed by atoms with van der Waals surface area (Å²) in [7, 11) is 0. The van der Waals surface area contributed by atoms with Crippen LogP contribution in [-0.4, -0.2) is 19.8 Å². The molecule has 0 unspecified atom stereocenters. The first-order valence-corrected chi connectivity index (χ1v) is 7.15. The fourth-order valence-corrected chi connectivity index (χ4v) is 2.76. The van der Waals surface area contributed by atoms with E-state index in [9.17, 15) is 0 Å². The molecular formula is C15H22N2O2. The van der Waals surface area contributed by atoms with Gasteiger partial charge < -0.3 is 20.5 Å². The first-order chi connectivity index (χ1) is 9.22. The van der Waals surface area contributed by atoms with Crippen LogP contribution in [0.2, 0.25) is 0 Å². The number of nitrogens with one attached hydrogen (secondary N) is 1. The Morgan fingerprint density at radius 1 is 1.21 bits per heavy atom. The number of rotatable bonds is 5. The van der Waals surface area contributed by atoms with Crippen molar-refractivity contribution in [3.05, 3.63) is 12.1 Å². The maximum Gasteiger partial charge on any atom is 0.163 e. The predicted molar refractivity (Wildman–Crippen MR) is 76.9 cm³/mol. The minimum Gasteiger partial charge on any atom is -0.486 e. The summed E-state index contributed by atoms with van der Waals surface area (Å²) in [6, 6.07) is 3.82. The number of nitrogen functional groups attached to an aromatic ring is 1. The minimum absolute atomic E-state index is 0.508. The summed E-state index contributed by atoms with van der Waals surface area (Å²) >= 11 is 0. The molecule has 1 aliphatic carbocycles. The molecule has 0 saturated heterocycles. The molecule has 1 heterocycles. The van der Waals surface area contributed by atoms with Gasteiger partial charge in [0.2, 0.25) is 0 Å². The van der Waals surface area contributed by atoms with Gasteiger partial charge in [-0.15, -0.1) is 0 Å². The Morgan fingerprint density at radius 2 is 1.89 bits per heavy atom. The number of hydrogen-bond donors (Lipinski definition) is 2. The summed E-state index contributed by atoms with van der Waals surface area (Å²) in [4.78, 5) is 0. The maximum atomic E-state index is 6.07. The van der Waals surface area contributed by atoms with E-state index in [2.05, 4.69) is 12.2 Å². The third kappa shape index (κ3) is 2.57. The van der Waals surface area contributed by atoms with Crippen LogP contribution in [-0.2, 0) is 0 Å². The lowest BCUT2D eigenvalue weighted by Crippen LogP contribution is -2.18. The molecule has 0 bridgehead atoms. The van der Waals surface area contributed by atoms with Gasteiger partial charge in [-0.05, 0) is 24.7 Å². The lowest BCUT2D eigenvalue weighted by atomic mass is 10.0. The third-order valence-electron chi connectivity index (χ3n) is 4.11. The van der Waals surface area contributed by atoms with Crippen LogP contribution in [0, 0.1) is 5.41 Å². The number of anilines is 2. The zero-order valence-corrected chi connectivity index (χ0v) is 11.5. The molecule has 4 heteroatoms. The van der Waals surface area contributed by atoms with Crippen LogP contribution in [0.4, 0.5) is 11.4 Å². The second-order valence-corrected chi connectivity index (χ2v) is 5.69. The largest absolute Gasteiger partial charge is 0.486 e. The van der Waals surface area contributed by atoms with Crippen molar-refractivity contribution >= 4 is 11.4 Å². The smallest absolute Gasteiger partial charge is 0.163 e. The van der Waals surface area contributed by atoms with Crippen LogP contribution in [0.25, 0.3) is 0 Å². The second kappa shape index (κ2) is 4.83. The van der Waals surface area contributed by atoms with Crippen molar-refractivity contribution in [2.75, 3.05) is 30.8 Å². The summed E-state index contributed by atoms with van der Waals surface area (Å²) in [6.45, 7) is 4.46. The lowest BCUT2D eigenvalue weighted by Gasteiger charge is -2.22. The quantitative estimate of drug-likeness (QED) is 0.801. The van der Waals surface area contributed by atoms with Gasteiger partial charge in [0.1, 0.15) is 13.2 Å². The molecule has 104 valence electrons. The van der Waals surface area contributed by atoms with Gasteiger partial charge in [-0.3, -0.25) is 0 Å². The van der Waals surface area contributed by atoms with Crippen molar-refractivity contribution in [3.8, 4) is 11.5 Å². The van der Waals surface area contributed by atoms with E-state index in [0.29, 0.717) is 18.6 Å². The predicted octanol–water partition coefficient (Wildman–Crippen LogP) is 3.03. The SMILES string of the molecule is CCCC1(CNc2cc3c(cc2N)OCCO3)CC1. The van der Waals surface area contributed by atoms with Gasteiger partial charge in [0.15, 0.2) is 11.5 Å². The van der Waals surface area contributed by atoms with E-state index >= 15 is 0 Å². The van der Waals surface area contributed by atoms with Crippen molar-refractivity contribution in [1.82, 2.24) is 0 Å². The topological polar surface area (TPSA) is 56.5 Å². The minimum atomic E-state index is 0.508. The summed E-state index contributed by atoms with van der Waals surface area (Å²) in [5.41, 5.74) is 8.28. The fourth-order valence-electron chi connectivity index (χ4n) is 2.76. The summed E-state index contributed by atoms with van der Waals surface area (Å²) in [5.74, 6) is 1.55. The third-order valence-corrected chi connectivity index (χ3v) is 4.11. The van der Waals surface area contributed by atoms with Crippen LogP contribution in [0.1, 0.15) is 32.6 Å². The molecule has 3 rings (SSSR count). The molecule has 1 aliphatic heterocycles. The highest BCUT2D eigenvalue weighted by molar-refractivity contribution is 5.72. The number of fused-ring (bicyclic) bond motifs is 1. The van der Waals surface area contributed by atoms with E-state index in [-0.39, 0.29) is 0 Å². The Labute approximate surface area is 114 Å². The van der Waals surface area contributed by atoms with Gasteiger partial charge in [-0.2, -0.15) is 0 Å². The van der Waals surface area contributed by atoms with Crippen LogP contribution < -0.4 is 20.5 Å². The monoisotopic (exact) mass is 262 g/mol. The highest BCUT2D eigenvalue weighted by atomic mass is 16.6. The molecule has 0 atom stereocenters. The van der Waals surface area contributed by atoms with E-state index in [1.54, 1.807) is 0 Å². The van der Waals surface area contributed by atoms with Gasteiger partial charge in [-0.1, -0.05) is 13.3 Å². The summed E-state index contributed by atoms with van der Waals surface area (Å²) < 4.78 is 11.1. The van der Waals surface area contributed by atoms with Gasteiger partial charge >= 0.3 is 0 Å². The van der Waals surface area contributed by atoms with Gasteiger partial charge in [0, 0.05) is 18.7 Å². The van der Waals surface area contributed by atoms with E-state index in [0.717, 1.165) is 29.4 Å². The molecule has 1 aromatic rings. The highest BCUT2D eigenvalue weighted by Gasteiger charge is 2.41. The Hall–Kier alpha value is -1.58. The van der Waals surface area contributed by atoms with E-state index in [1.165, 1.54) is 25.7 Å². The van der Waals surface area contributed by atoms with Gasteiger partial charge in [0.25, 0.3) is 0 Å². The second-order valence-electron chi connectivity index (χ2n) is 5.69. The first-order valence-electron chi connectivity index (χ1n) is 7.15. The molecule has 1 aromatic carbocycles. The van der Waals surface area contributed by atoms with E-state index in [4.69, 9.17) is 15.2 Å². The van der Waals surface area contributed by atoms with Gasteiger partial charge in [0.05, 0.1) is 11.4 Å². The van der Waals surface area contributed by atoms with E-state index < -0.39 is 0 Å². The zero-order valence-electron chi connectivity index (χ0n) is 11.5. The van der Waals surface area contributed by atoms with Crippen molar-refractivity contribution < 1.29 is 9.47 Å². The summed E-state index contributed by atoms with van der Waals surface area (Å²) in [5, 5.41) is 3.49. The molecule has 0 radical (unpaired) electrons. The number of ether oxygens (including phenoxy) is 2. The number of benzene rings is 1. The summed E-state index contributed by atoms with van der Waals surface area (Å²) in [6.07, 6.45) is 5.21. The average molecular weight is 262 g/mol. The number of nitrogens with two attached hydrogens (primary N) is 1.